The number of quaternary nitrogens is 1. The first-order valence-corrected chi connectivity index (χ1v) is 9.70. The molecule has 6 heteroatoms. The van der Waals surface area contributed by atoms with Crippen molar-refractivity contribution < 1.29 is 14.4 Å². The molecular formula is C21H27ClN3O2+. The third-order valence-electron chi connectivity index (χ3n) is 5.03. The zero-order valence-electron chi connectivity index (χ0n) is 15.9. The highest BCUT2D eigenvalue weighted by Crippen LogP contribution is 2.20. The summed E-state index contributed by atoms with van der Waals surface area (Å²) < 4.78 is 5.31. The molecule has 1 fully saturated rings. The lowest BCUT2D eigenvalue weighted by atomic mass is 10.1. The number of benzene rings is 2. The first-order valence-electron chi connectivity index (χ1n) is 9.32. The van der Waals surface area contributed by atoms with Crippen molar-refractivity contribution in [3.63, 3.8) is 0 Å². The number of methoxy groups -OCH3 is 1. The summed E-state index contributed by atoms with van der Waals surface area (Å²) in [7, 11) is 1.68. The number of hydrogen-bond donors (Lipinski definition) is 2. The van der Waals surface area contributed by atoms with Crippen LogP contribution in [0.25, 0.3) is 0 Å². The average molecular weight is 389 g/mol. The van der Waals surface area contributed by atoms with Crippen LogP contribution < -0.4 is 19.9 Å². The molecule has 1 saturated heterocycles. The highest BCUT2D eigenvalue weighted by atomic mass is 35.5. The summed E-state index contributed by atoms with van der Waals surface area (Å²) in [6, 6.07) is 15.7. The normalized spacial score (nSPS) is 16.0. The van der Waals surface area contributed by atoms with E-state index in [1.54, 1.807) is 7.11 Å². The van der Waals surface area contributed by atoms with Crippen LogP contribution in [0.3, 0.4) is 0 Å². The number of halogens is 1. The fourth-order valence-electron chi connectivity index (χ4n) is 3.44. The molecule has 0 bridgehead atoms. The minimum absolute atomic E-state index is 0.0475. The SMILES string of the molecule is COc1cccc(N2CC[NH+](CC(=O)N[C@H](C)c3cccc(Cl)c3)CC2)c1. The number of rotatable bonds is 6. The largest absolute Gasteiger partial charge is 0.497 e. The number of hydrogen-bond acceptors (Lipinski definition) is 3. The highest BCUT2D eigenvalue weighted by molar-refractivity contribution is 6.30. The predicted octanol–water partition coefficient (Wildman–Crippen LogP) is 1.93. The van der Waals surface area contributed by atoms with Crippen LogP contribution in [0.2, 0.25) is 5.02 Å². The van der Waals surface area contributed by atoms with E-state index in [-0.39, 0.29) is 11.9 Å². The standard InChI is InChI=1S/C21H26ClN3O2/c1-16(17-5-3-6-18(22)13-17)23-21(26)15-24-9-11-25(12-10-24)19-7-4-8-20(14-19)27-2/h3-8,13-14,16H,9-12,15H2,1-2H3,(H,23,26)/p+1/t16-/m1/s1. The number of anilines is 1. The van der Waals surface area contributed by atoms with Gasteiger partial charge in [-0.25, -0.2) is 0 Å². The van der Waals surface area contributed by atoms with E-state index in [9.17, 15) is 4.79 Å². The van der Waals surface area contributed by atoms with Gasteiger partial charge < -0.3 is 19.9 Å². The maximum absolute atomic E-state index is 12.4. The number of nitrogens with one attached hydrogen (secondary N) is 2. The molecule has 2 aromatic carbocycles. The Hall–Kier alpha value is -2.24. The van der Waals surface area contributed by atoms with E-state index in [0.29, 0.717) is 11.6 Å². The Morgan fingerprint density at radius 1 is 1.22 bits per heavy atom. The molecule has 144 valence electrons. The van der Waals surface area contributed by atoms with Crippen LogP contribution in [0.1, 0.15) is 18.5 Å². The van der Waals surface area contributed by atoms with Crippen molar-refractivity contribution in [2.24, 2.45) is 0 Å². The number of nitrogens with zero attached hydrogens (tertiary/aromatic N) is 1. The Labute approximate surface area is 165 Å². The van der Waals surface area contributed by atoms with E-state index < -0.39 is 0 Å². The van der Waals surface area contributed by atoms with Crippen LogP contribution in [-0.2, 0) is 4.79 Å². The van der Waals surface area contributed by atoms with Gasteiger partial charge in [-0.05, 0) is 36.8 Å². The van der Waals surface area contributed by atoms with Gasteiger partial charge in [0.15, 0.2) is 6.54 Å². The van der Waals surface area contributed by atoms with E-state index in [2.05, 4.69) is 22.3 Å². The minimum atomic E-state index is -0.0475. The van der Waals surface area contributed by atoms with Crippen molar-refractivity contribution in [1.29, 1.82) is 0 Å². The Morgan fingerprint density at radius 2 is 1.96 bits per heavy atom. The second kappa shape index (κ2) is 9.11. The van der Waals surface area contributed by atoms with E-state index >= 15 is 0 Å². The van der Waals surface area contributed by atoms with E-state index in [1.165, 1.54) is 10.6 Å². The Balaban J connectivity index is 1.47. The summed E-state index contributed by atoms with van der Waals surface area (Å²) in [5.74, 6) is 0.948. The number of piperazine rings is 1. The molecule has 0 radical (unpaired) electrons. The lowest BCUT2D eigenvalue weighted by molar-refractivity contribution is -0.892. The molecule has 0 aliphatic carbocycles. The van der Waals surface area contributed by atoms with Crippen molar-refractivity contribution in [3.8, 4) is 5.75 Å². The smallest absolute Gasteiger partial charge is 0.275 e. The Morgan fingerprint density at radius 3 is 2.67 bits per heavy atom. The highest BCUT2D eigenvalue weighted by Gasteiger charge is 2.23. The third-order valence-corrected chi connectivity index (χ3v) is 5.26. The molecule has 1 amide bonds. The van der Waals surface area contributed by atoms with Gasteiger partial charge in [-0.15, -0.1) is 0 Å². The van der Waals surface area contributed by atoms with E-state index in [4.69, 9.17) is 16.3 Å². The van der Waals surface area contributed by atoms with E-state index in [0.717, 1.165) is 37.5 Å². The Kier molecular flexibility index (Phi) is 6.58. The summed E-state index contributed by atoms with van der Waals surface area (Å²) in [6.45, 7) is 6.22. The molecule has 0 unspecified atom stereocenters. The number of carbonyl (C=O) groups is 1. The molecule has 5 nitrogen and oxygen atoms in total. The number of ether oxygens (including phenoxy) is 1. The van der Waals surface area contributed by atoms with Gasteiger partial charge in [0.25, 0.3) is 5.91 Å². The quantitative estimate of drug-likeness (QED) is 0.795. The fraction of sp³-hybridized carbons (Fsp3) is 0.381. The molecule has 1 atom stereocenters. The fourth-order valence-corrected chi connectivity index (χ4v) is 3.64. The van der Waals surface area contributed by atoms with Gasteiger partial charge in [-0.3, -0.25) is 4.79 Å². The first-order chi connectivity index (χ1) is 13.0. The van der Waals surface area contributed by atoms with Crippen LogP contribution in [0.15, 0.2) is 48.5 Å². The van der Waals surface area contributed by atoms with Crippen molar-refractivity contribution in [1.82, 2.24) is 5.32 Å². The van der Waals surface area contributed by atoms with Crippen LogP contribution in [0, 0.1) is 0 Å². The van der Waals surface area contributed by atoms with Gasteiger partial charge in [0.05, 0.1) is 39.3 Å². The van der Waals surface area contributed by atoms with E-state index in [1.807, 2.05) is 43.3 Å². The van der Waals surface area contributed by atoms with Crippen molar-refractivity contribution >= 4 is 23.2 Å². The second-order valence-electron chi connectivity index (χ2n) is 6.96. The number of carbonyl (C=O) groups excluding carboxylic acids is 1. The molecule has 2 N–H and O–H groups in total. The van der Waals surface area contributed by atoms with Gasteiger partial charge in [-0.2, -0.15) is 0 Å². The molecule has 0 saturated carbocycles. The second-order valence-corrected chi connectivity index (χ2v) is 7.40. The van der Waals surface area contributed by atoms with Crippen LogP contribution >= 0.6 is 11.6 Å². The monoisotopic (exact) mass is 388 g/mol. The Bertz CT molecular complexity index is 776. The van der Waals surface area contributed by atoms with Crippen LogP contribution in [-0.4, -0.2) is 45.7 Å². The average Bonchev–Trinajstić information content (AvgIpc) is 2.68. The molecule has 1 heterocycles. The lowest BCUT2D eigenvalue weighted by Gasteiger charge is -2.33. The molecule has 0 spiro atoms. The maximum atomic E-state index is 12.4. The molecule has 27 heavy (non-hydrogen) atoms. The topological polar surface area (TPSA) is 46.0 Å². The molecule has 0 aromatic heterocycles. The maximum Gasteiger partial charge on any atom is 0.275 e. The van der Waals surface area contributed by atoms with Crippen molar-refractivity contribution in [3.05, 3.63) is 59.1 Å². The lowest BCUT2D eigenvalue weighted by Crippen LogP contribution is -3.15. The molecule has 3 rings (SSSR count). The zero-order valence-corrected chi connectivity index (χ0v) is 16.6. The summed E-state index contributed by atoms with van der Waals surface area (Å²) in [5.41, 5.74) is 2.20. The summed E-state index contributed by atoms with van der Waals surface area (Å²) in [5, 5.41) is 3.77. The summed E-state index contributed by atoms with van der Waals surface area (Å²) in [6.07, 6.45) is 0. The van der Waals surface area contributed by atoms with Gasteiger partial charge in [0, 0.05) is 16.8 Å². The van der Waals surface area contributed by atoms with Gasteiger partial charge in [0.2, 0.25) is 0 Å². The van der Waals surface area contributed by atoms with Crippen LogP contribution in [0.5, 0.6) is 5.75 Å². The summed E-state index contributed by atoms with van der Waals surface area (Å²) in [4.78, 5) is 16.1. The molecule has 1 aliphatic heterocycles. The third kappa shape index (κ3) is 5.37. The van der Waals surface area contributed by atoms with Gasteiger partial charge in [-0.1, -0.05) is 29.8 Å². The molecule has 2 aromatic rings. The van der Waals surface area contributed by atoms with Crippen molar-refractivity contribution in [2.45, 2.75) is 13.0 Å². The number of amides is 1. The van der Waals surface area contributed by atoms with Crippen molar-refractivity contribution in [2.75, 3.05) is 44.7 Å². The first kappa shape index (κ1) is 19.5. The van der Waals surface area contributed by atoms with Crippen LogP contribution in [0.4, 0.5) is 5.69 Å². The van der Waals surface area contributed by atoms with Gasteiger partial charge >= 0.3 is 0 Å². The minimum Gasteiger partial charge on any atom is -0.497 e. The summed E-state index contributed by atoms with van der Waals surface area (Å²) >= 11 is 6.03. The predicted molar refractivity (Wildman–Crippen MR) is 109 cm³/mol. The molecular weight excluding hydrogens is 362 g/mol. The molecule has 1 aliphatic rings. The van der Waals surface area contributed by atoms with Gasteiger partial charge in [0.1, 0.15) is 5.75 Å². The zero-order chi connectivity index (χ0) is 19.2.